The molecule has 2 N–H and O–H groups in total. The molecule has 0 saturated carbocycles. The molecule has 0 aliphatic carbocycles. The van der Waals surface area contributed by atoms with Gasteiger partial charge in [0.25, 0.3) is 0 Å². The number of anilines is 1. The van der Waals surface area contributed by atoms with Gasteiger partial charge in [0.15, 0.2) is 0 Å². The van der Waals surface area contributed by atoms with E-state index in [9.17, 15) is 4.79 Å². The third-order valence-corrected chi connectivity index (χ3v) is 3.83. The quantitative estimate of drug-likeness (QED) is 0.597. The van der Waals surface area contributed by atoms with Crippen molar-refractivity contribution in [3.63, 3.8) is 0 Å². The van der Waals surface area contributed by atoms with Crippen molar-refractivity contribution in [2.75, 3.05) is 11.9 Å². The van der Waals surface area contributed by atoms with Gasteiger partial charge >= 0.3 is 6.03 Å². The number of aryl methyl sites for hydroxylation is 1. The van der Waals surface area contributed by atoms with Gasteiger partial charge in [0.2, 0.25) is 0 Å². The van der Waals surface area contributed by atoms with Crippen molar-refractivity contribution in [1.29, 1.82) is 0 Å². The molecule has 0 radical (unpaired) electrons. The van der Waals surface area contributed by atoms with Gasteiger partial charge in [-0.1, -0.05) is 42.5 Å². The van der Waals surface area contributed by atoms with E-state index >= 15 is 0 Å². The van der Waals surface area contributed by atoms with Crippen LogP contribution in [0, 0.1) is 3.57 Å². The first kappa shape index (κ1) is 14.8. The first-order valence-corrected chi connectivity index (χ1v) is 7.67. The van der Waals surface area contributed by atoms with E-state index in [-0.39, 0.29) is 6.03 Å². The summed E-state index contributed by atoms with van der Waals surface area (Å²) in [6.45, 7) is 0.671. The van der Waals surface area contributed by atoms with Crippen LogP contribution in [0.5, 0.6) is 0 Å². The van der Waals surface area contributed by atoms with E-state index in [4.69, 9.17) is 0 Å². The minimum absolute atomic E-state index is 0.151. The van der Waals surface area contributed by atoms with Crippen LogP contribution in [0.3, 0.4) is 0 Å². The standard InChI is InChI=1S/C16H17IN2O/c17-14-10-4-5-11-15(14)19-16(20)18-12-6-9-13-7-2-1-3-8-13/h1-5,7-8,10-11H,6,9,12H2,(H2,18,19,20). The minimum atomic E-state index is -0.151. The number of nitrogens with one attached hydrogen (secondary N) is 2. The number of carbonyl (C=O) groups excluding carboxylic acids is 1. The number of carbonyl (C=O) groups is 1. The second-order valence-corrected chi connectivity index (χ2v) is 5.61. The molecule has 2 amide bonds. The molecule has 0 fully saturated rings. The van der Waals surface area contributed by atoms with Crippen LogP contribution in [0.2, 0.25) is 0 Å². The molecule has 0 heterocycles. The Labute approximate surface area is 132 Å². The highest BCUT2D eigenvalue weighted by Crippen LogP contribution is 2.16. The zero-order valence-electron chi connectivity index (χ0n) is 11.1. The smallest absolute Gasteiger partial charge is 0.319 e. The molecule has 2 aromatic rings. The van der Waals surface area contributed by atoms with E-state index in [0.29, 0.717) is 6.54 Å². The molecule has 4 heteroatoms. The molecule has 0 saturated heterocycles. The topological polar surface area (TPSA) is 41.1 Å². The van der Waals surface area contributed by atoms with Crippen LogP contribution in [0.1, 0.15) is 12.0 Å². The van der Waals surface area contributed by atoms with Crippen LogP contribution in [-0.4, -0.2) is 12.6 Å². The molecular formula is C16H17IN2O. The molecular weight excluding hydrogens is 363 g/mol. The summed E-state index contributed by atoms with van der Waals surface area (Å²) in [6.07, 6.45) is 1.91. The molecule has 0 aromatic heterocycles. The number of benzene rings is 2. The summed E-state index contributed by atoms with van der Waals surface area (Å²) >= 11 is 2.20. The summed E-state index contributed by atoms with van der Waals surface area (Å²) in [5, 5.41) is 5.73. The Balaban J connectivity index is 1.69. The highest BCUT2D eigenvalue weighted by atomic mass is 127. The maximum absolute atomic E-state index is 11.8. The lowest BCUT2D eigenvalue weighted by molar-refractivity contribution is 0.252. The van der Waals surface area contributed by atoms with Gasteiger partial charge in [-0.2, -0.15) is 0 Å². The summed E-state index contributed by atoms with van der Waals surface area (Å²) in [5.74, 6) is 0. The number of hydrogen-bond acceptors (Lipinski definition) is 1. The number of halogens is 1. The largest absolute Gasteiger partial charge is 0.338 e. The number of urea groups is 1. The predicted molar refractivity (Wildman–Crippen MR) is 90.9 cm³/mol. The monoisotopic (exact) mass is 380 g/mol. The predicted octanol–water partition coefficient (Wildman–Crippen LogP) is 4.05. The summed E-state index contributed by atoms with van der Waals surface area (Å²) in [5.41, 5.74) is 2.14. The molecule has 0 bridgehead atoms. The fraction of sp³-hybridized carbons (Fsp3) is 0.188. The normalized spacial score (nSPS) is 10.1. The van der Waals surface area contributed by atoms with Crippen LogP contribution >= 0.6 is 22.6 Å². The Bertz CT molecular complexity index is 557. The molecule has 3 nitrogen and oxygen atoms in total. The van der Waals surface area contributed by atoms with Gasteiger partial charge in [0.1, 0.15) is 0 Å². The van der Waals surface area contributed by atoms with E-state index in [1.165, 1.54) is 5.56 Å². The van der Waals surface area contributed by atoms with Crippen LogP contribution in [0.15, 0.2) is 54.6 Å². The van der Waals surface area contributed by atoms with Crippen molar-refractivity contribution in [3.05, 3.63) is 63.7 Å². The molecule has 0 aliphatic rings. The molecule has 0 atom stereocenters. The molecule has 0 unspecified atom stereocenters. The van der Waals surface area contributed by atoms with Crippen molar-refractivity contribution >= 4 is 34.3 Å². The average Bonchev–Trinajstić information content (AvgIpc) is 2.47. The van der Waals surface area contributed by atoms with Crippen LogP contribution < -0.4 is 10.6 Å². The van der Waals surface area contributed by atoms with Crippen molar-refractivity contribution in [2.45, 2.75) is 12.8 Å². The zero-order chi connectivity index (χ0) is 14.2. The number of hydrogen-bond donors (Lipinski definition) is 2. The Morgan fingerprint density at radius 2 is 1.70 bits per heavy atom. The summed E-state index contributed by atoms with van der Waals surface area (Å²) in [4.78, 5) is 11.8. The first-order valence-electron chi connectivity index (χ1n) is 6.59. The van der Waals surface area contributed by atoms with Gasteiger partial charge in [-0.3, -0.25) is 0 Å². The summed E-state index contributed by atoms with van der Waals surface area (Å²) in [7, 11) is 0. The summed E-state index contributed by atoms with van der Waals surface area (Å²) in [6, 6.07) is 17.9. The molecule has 20 heavy (non-hydrogen) atoms. The van der Waals surface area contributed by atoms with Crippen molar-refractivity contribution in [1.82, 2.24) is 5.32 Å². The molecule has 0 spiro atoms. The van der Waals surface area contributed by atoms with Crippen molar-refractivity contribution < 1.29 is 4.79 Å². The fourth-order valence-electron chi connectivity index (χ4n) is 1.87. The van der Waals surface area contributed by atoms with Gasteiger partial charge in [-0.15, -0.1) is 0 Å². The lowest BCUT2D eigenvalue weighted by Gasteiger charge is -2.09. The van der Waals surface area contributed by atoms with E-state index in [1.807, 2.05) is 42.5 Å². The average molecular weight is 380 g/mol. The van der Waals surface area contributed by atoms with Gasteiger partial charge in [-0.25, -0.2) is 4.79 Å². The molecule has 2 aromatic carbocycles. The van der Waals surface area contributed by atoms with Gasteiger partial charge < -0.3 is 10.6 Å². The van der Waals surface area contributed by atoms with Gasteiger partial charge in [0.05, 0.1) is 5.69 Å². The lowest BCUT2D eigenvalue weighted by Crippen LogP contribution is -2.30. The first-order chi connectivity index (χ1) is 9.75. The minimum Gasteiger partial charge on any atom is -0.338 e. The van der Waals surface area contributed by atoms with Crippen molar-refractivity contribution in [2.24, 2.45) is 0 Å². The fourth-order valence-corrected chi connectivity index (χ4v) is 2.39. The highest BCUT2D eigenvalue weighted by Gasteiger charge is 2.03. The van der Waals surface area contributed by atoms with E-state index in [0.717, 1.165) is 22.1 Å². The molecule has 104 valence electrons. The SMILES string of the molecule is O=C(NCCCc1ccccc1)Nc1ccccc1I. The van der Waals surface area contributed by atoms with E-state index < -0.39 is 0 Å². The number of amides is 2. The molecule has 2 rings (SSSR count). The van der Waals surface area contributed by atoms with E-state index in [2.05, 4.69) is 45.4 Å². The maximum Gasteiger partial charge on any atom is 0.319 e. The third kappa shape index (κ3) is 4.85. The summed E-state index contributed by atoms with van der Waals surface area (Å²) < 4.78 is 1.03. The Morgan fingerprint density at radius 3 is 2.45 bits per heavy atom. The Morgan fingerprint density at radius 1 is 1.00 bits per heavy atom. The van der Waals surface area contributed by atoms with Crippen LogP contribution in [0.25, 0.3) is 0 Å². The Kier molecular flexibility index (Phi) is 5.86. The second kappa shape index (κ2) is 7.89. The van der Waals surface area contributed by atoms with Gasteiger partial charge in [-0.05, 0) is 53.1 Å². The van der Waals surface area contributed by atoms with Crippen LogP contribution in [-0.2, 0) is 6.42 Å². The van der Waals surface area contributed by atoms with Crippen molar-refractivity contribution in [3.8, 4) is 0 Å². The second-order valence-electron chi connectivity index (χ2n) is 4.45. The highest BCUT2D eigenvalue weighted by molar-refractivity contribution is 14.1. The van der Waals surface area contributed by atoms with Gasteiger partial charge in [0, 0.05) is 10.1 Å². The number of para-hydroxylation sites is 1. The Hall–Kier alpha value is -1.56. The maximum atomic E-state index is 11.8. The zero-order valence-corrected chi connectivity index (χ0v) is 13.3. The van der Waals surface area contributed by atoms with E-state index in [1.54, 1.807) is 0 Å². The number of rotatable bonds is 5. The lowest BCUT2D eigenvalue weighted by atomic mass is 10.1. The third-order valence-electron chi connectivity index (χ3n) is 2.89. The van der Waals surface area contributed by atoms with Crippen LogP contribution in [0.4, 0.5) is 10.5 Å². The molecule has 0 aliphatic heterocycles.